The van der Waals surface area contributed by atoms with E-state index in [2.05, 4.69) is 6.92 Å². The Balaban J connectivity index is 1.51. The fourth-order valence-corrected chi connectivity index (χ4v) is 9.31. The number of aliphatic carboxylic acids is 1. The normalized spacial score (nSPS) is 32.2. The number of hydrogen-bond acceptors (Lipinski definition) is 15. The molecule has 3 aliphatic heterocycles. The summed E-state index contributed by atoms with van der Waals surface area (Å²) in [6, 6.07) is 0. The van der Waals surface area contributed by atoms with Crippen molar-refractivity contribution in [3.8, 4) is 0 Å². The Hall–Kier alpha value is -1.54. The molecule has 0 amide bonds. The van der Waals surface area contributed by atoms with Gasteiger partial charge in [0.05, 0.1) is 55.9 Å². The first-order valence-electron chi connectivity index (χ1n) is 26.3. The Kier molecular flexibility index (Phi) is 28.9. The molecule has 394 valence electrons. The molecule has 3 aliphatic rings. The van der Waals surface area contributed by atoms with E-state index in [-0.39, 0.29) is 62.0 Å². The fraction of sp³-hybridized carbons (Fsp3) is 0.961. The first kappa shape index (κ1) is 59.8. The molecular weight excluding hydrogens is 869 g/mol. The Labute approximate surface area is 402 Å². The maximum atomic E-state index is 12.4. The molecule has 3 fully saturated rings. The van der Waals surface area contributed by atoms with E-state index in [0.717, 1.165) is 89.9 Å². The number of esters is 1. The largest absolute Gasteiger partial charge is 0.479 e. The van der Waals surface area contributed by atoms with Crippen LogP contribution in [-0.2, 0) is 42.7 Å². The van der Waals surface area contributed by atoms with E-state index in [1.807, 2.05) is 34.6 Å². The topological polar surface area (TPSA) is 240 Å². The molecule has 0 radical (unpaired) electrons. The van der Waals surface area contributed by atoms with E-state index in [4.69, 9.17) is 38.3 Å². The van der Waals surface area contributed by atoms with Gasteiger partial charge in [-0.2, -0.15) is 0 Å². The van der Waals surface area contributed by atoms with Gasteiger partial charge in [0.25, 0.3) is 0 Å². The van der Waals surface area contributed by atoms with Crippen LogP contribution in [0.15, 0.2) is 0 Å². The van der Waals surface area contributed by atoms with Crippen LogP contribution in [0, 0.1) is 29.6 Å². The lowest BCUT2D eigenvalue weighted by molar-refractivity contribution is -0.369. The van der Waals surface area contributed by atoms with Crippen LogP contribution >= 0.6 is 0 Å². The first-order chi connectivity index (χ1) is 31.9. The lowest BCUT2D eigenvalue weighted by Gasteiger charge is -2.47. The third-order valence-electron chi connectivity index (χ3n) is 14.1. The highest BCUT2D eigenvalue weighted by molar-refractivity contribution is 5.71. The molecule has 0 bridgehead atoms. The standard InChI is InChI=1S/C51H94O16/c1-8-9-19-23-37(24-22-27-39(53)38(52)25-20-17-15-13-11-10-12-14-16-18-21-26-40(54)48(59)60)64-50-46(43(56)33(4)29-62-50)67-51-47(44(57)34(5)30-63-51)66-49-36(7)45(58)35(6)41(65-49)31-61-42(55)28-32(2)3/h32-41,43-47,49-54,56-58H,8-31H2,1-7H3,(H,59,60)/t33-,34-,35-,36-,37?,38?,39?,40?,41-,43+,44+,45+,46-,47-,49+,50+,51+/m1/s1. The van der Waals surface area contributed by atoms with Crippen LogP contribution in [0.5, 0.6) is 0 Å². The maximum absolute atomic E-state index is 12.4. The van der Waals surface area contributed by atoms with Gasteiger partial charge >= 0.3 is 11.9 Å². The second-order valence-electron chi connectivity index (χ2n) is 20.7. The van der Waals surface area contributed by atoms with Crippen LogP contribution < -0.4 is 0 Å². The highest BCUT2D eigenvalue weighted by Crippen LogP contribution is 2.36. The molecule has 0 aromatic carbocycles. The third kappa shape index (κ3) is 21.4. The van der Waals surface area contributed by atoms with Gasteiger partial charge in [-0.3, -0.25) is 4.79 Å². The van der Waals surface area contributed by atoms with Crippen LogP contribution in [0.3, 0.4) is 0 Å². The number of carbonyl (C=O) groups is 2. The predicted molar refractivity (Wildman–Crippen MR) is 252 cm³/mol. The summed E-state index contributed by atoms with van der Waals surface area (Å²) in [7, 11) is 0. The minimum absolute atomic E-state index is 0.0573. The van der Waals surface area contributed by atoms with Crippen molar-refractivity contribution in [3.63, 3.8) is 0 Å². The van der Waals surface area contributed by atoms with E-state index >= 15 is 0 Å². The summed E-state index contributed by atoms with van der Waals surface area (Å²) in [5.74, 6) is -2.87. The summed E-state index contributed by atoms with van der Waals surface area (Å²) in [6.07, 6.45) is 5.92. The average molecular weight is 963 g/mol. The van der Waals surface area contributed by atoms with Crippen molar-refractivity contribution in [2.75, 3.05) is 19.8 Å². The summed E-state index contributed by atoms with van der Waals surface area (Å²) in [5.41, 5.74) is 0. The zero-order valence-electron chi connectivity index (χ0n) is 42.2. The number of aliphatic hydroxyl groups is 6. The lowest BCUT2D eigenvalue weighted by Crippen LogP contribution is -2.60. The number of rotatable bonds is 34. The van der Waals surface area contributed by atoms with Crippen molar-refractivity contribution in [3.05, 3.63) is 0 Å². The van der Waals surface area contributed by atoms with E-state index < -0.39 is 85.7 Å². The van der Waals surface area contributed by atoms with Crippen molar-refractivity contribution in [2.45, 2.75) is 263 Å². The monoisotopic (exact) mass is 963 g/mol. The highest BCUT2D eigenvalue weighted by Gasteiger charge is 2.50. The molecule has 0 aliphatic carbocycles. The van der Waals surface area contributed by atoms with Crippen molar-refractivity contribution in [2.24, 2.45) is 29.6 Å². The van der Waals surface area contributed by atoms with Crippen LogP contribution in [-0.4, -0.2) is 147 Å². The van der Waals surface area contributed by atoms with Crippen molar-refractivity contribution in [1.29, 1.82) is 0 Å². The SMILES string of the molecule is CCCCCC(CCCC(O)C(O)CCCCCCCCCCCCCC(O)C(=O)O)O[C@@H]1OC[C@@H](C)[C@H](O)[C@H]1O[C@@H]1OC[C@@H](C)[C@H](O)[C@H]1O[C@@H]1O[C@H](COC(=O)CC(C)C)[C@@H](C)[C@H](O)[C@H]1C. The summed E-state index contributed by atoms with van der Waals surface area (Å²) in [5, 5.41) is 74.2. The molecule has 16 heteroatoms. The minimum atomic E-state index is -1.25. The third-order valence-corrected chi connectivity index (χ3v) is 14.1. The number of hydrogen-bond donors (Lipinski definition) is 7. The van der Waals surface area contributed by atoms with Crippen molar-refractivity contribution < 1.29 is 78.5 Å². The summed E-state index contributed by atoms with van der Waals surface area (Å²) < 4.78 is 43.9. The molecule has 16 nitrogen and oxygen atoms in total. The number of ether oxygens (including phenoxy) is 7. The molecular formula is C51H94O16. The van der Waals surface area contributed by atoms with Crippen LogP contribution in [0.2, 0.25) is 0 Å². The summed E-state index contributed by atoms with van der Waals surface area (Å²) in [6.45, 7) is 13.7. The second-order valence-corrected chi connectivity index (χ2v) is 20.7. The molecule has 0 aromatic heterocycles. The van der Waals surface area contributed by atoms with Gasteiger partial charge < -0.3 is 68.9 Å². The molecule has 4 unspecified atom stereocenters. The van der Waals surface area contributed by atoms with E-state index in [9.17, 15) is 40.2 Å². The zero-order valence-corrected chi connectivity index (χ0v) is 42.2. The van der Waals surface area contributed by atoms with Gasteiger partial charge in [-0.25, -0.2) is 4.79 Å². The second kappa shape index (κ2) is 32.4. The molecule has 3 heterocycles. The van der Waals surface area contributed by atoms with E-state index in [0.29, 0.717) is 32.1 Å². The van der Waals surface area contributed by atoms with Gasteiger partial charge in [0.2, 0.25) is 0 Å². The average Bonchev–Trinajstić information content (AvgIpc) is 3.28. The van der Waals surface area contributed by atoms with Gasteiger partial charge in [-0.15, -0.1) is 0 Å². The Bertz CT molecular complexity index is 1320. The molecule has 0 spiro atoms. The van der Waals surface area contributed by atoms with Gasteiger partial charge in [0.15, 0.2) is 25.0 Å². The van der Waals surface area contributed by atoms with E-state index in [1.54, 1.807) is 6.92 Å². The zero-order chi connectivity index (χ0) is 49.5. The molecule has 0 aromatic rings. The Morgan fingerprint density at radius 3 is 1.63 bits per heavy atom. The van der Waals surface area contributed by atoms with Gasteiger partial charge in [-0.05, 0) is 44.4 Å². The molecule has 67 heavy (non-hydrogen) atoms. The van der Waals surface area contributed by atoms with Crippen LogP contribution in [0.4, 0.5) is 0 Å². The number of carboxylic acid groups (broad SMARTS) is 1. The fourth-order valence-electron chi connectivity index (χ4n) is 9.31. The van der Waals surface area contributed by atoms with Crippen LogP contribution in [0.1, 0.15) is 183 Å². The molecule has 17 atom stereocenters. The van der Waals surface area contributed by atoms with Crippen molar-refractivity contribution >= 4 is 11.9 Å². The quantitative estimate of drug-likeness (QED) is 0.0260. The Morgan fingerprint density at radius 2 is 1.07 bits per heavy atom. The first-order valence-corrected chi connectivity index (χ1v) is 26.3. The minimum Gasteiger partial charge on any atom is -0.479 e. The molecule has 3 rings (SSSR count). The smallest absolute Gasteiger partial charge is 0.332 e. The van der Waals surface area contributed by atoms with Gasteiger partial charge in [-0.1, -0.05) is 138 Å². The Morgan fingerprint density at radius 1 is 0.597 bits per heavy atom. The highest BCUT2D eigenvalue weighted by atomic mass is 16.8. The van der Waals surface area contributed by atoms with Crippen LogP contribution in [0.25, 0.3) is 0 Å². The lowest BCUT2D eigenvalue weighted by atomic mass is 9.86. The van der Waals surface area contributed by atoms with E-state index in [1.165, 1.54) is 6.42 Å². The van der Waals surface area contributed by atoms with Gasteiger partial charge in [0, 0.05) is 30.1 Å². The van der Waals surface area contributed by atoms with Gasteiger partial charge in [0.1, 0.15) is 18.8 Å². The maximum Gasteiger partial charge on any atom is 0.332 e. The number of carboxylic acids is 1. The molecule has 7 N–H and O–H groups in total. The molecule has 3 saturated heterocycles. The number of unbranched alkanes of at least 4 members (excludes halogenated alkanes) is 12. The summed E-state index contributed by atoms with van der Waals surface area (Å²) in [4.78, 5) is 23.1. The summed E-state index contributed by atoms with van der Waals surface area (Å²) >= 11 is 0. The predicted octanol–water partition coefficient (Wildman–Crippen LogP) is 6.79. The number of aliphatic hydroxyl groups excluding tert-OH is 6. The number of carbonyl (C=O) groups excluding carboxylic acids is 1. The van der Waals surface area contributed by atoms with Crippen molar-refractivity contribution in [1.82, 2.24) is 0 Å². The molecule has 0 saturated carbocycles.